The number of anilines is 1. The lowest BCUT2D eigenvalue weighted by atomic mass is 10.1. The summed E-state index contributed by atoms with van der Waals surface area (Å²) in [6.07, 6.45) is 1.54. The fraction of sp³-hybridized carbons (Fsp3) is 0.176. The summed E-state index contributed by atoms with van der Waals surface area (Å²) < 4.78 is 1.35. The second kappa shape index (κ2) is 6.15. The summed E-state index contributed by atoms with van der Waals surface area (Å²) in [6, 6.07) is 14.2. The predicted molar refractivity (Wildman–Crippen MR) is 91.1 cm³/mol. The number of nitrogens with zero attached hydrogens (tertiary/aromatic N) is 2. The molecule has 0 radical (unpaired) electrons. The summed E-state index contributed by atoms with van der Waals surface area (Å²) >= 11 is 1.74. The van der Waals surface area contributed by atoms with Crippen LogP contribution in [0.15, 0.2) is 52.6 Å². The molecule has 0 aliphatic carbocycles. The van der Waals surface area contributed by atoms with Gasteiger partial charge in [0, 0.05) is 18.0 Å². The summed E-state index contributed by atoms with van der Waals surface area (Å²) in [5.41, 5.74) is 8.80. The Bertz CT molecular complexity index is 820. The van der Waals surface area contributed by atoms with E-state index in [1.54, 1.807) is 24.5 Å². The molecule has 1 aromatic carbocycles. The van der Waals surface area contributed by atoms with Gasteiger partial charge in [0.05, 0.1) is 5.69 Å². The van der Waals surface area contributed by atoms with Gasteiger partial charge in [0.25, 0.3) is 5.56 Å². The molecule has 0 fully saturated rings. The van der Waals surface area contributed by atoms with E-state index < -0.39 is 0 Å². The number of benzene rings is 1. The molecular formula is C17H17N3OS. The zero-order valence-corrected chi connectivity index (χ0v) is 13.1. The van der Waals surface area contributed by atoms with Gasteiger partial charge in [-0.15, -0.1) is 11.3 Å². The first-order chi connectivity index (χ1) is 10.6. The van der Waals surface area contributed by atoms with E-state index >= 15 is 0 Å². The molecule has 2 heterocycles. The van der Waals surface area contributed by atoms with Crippen molar-refractivity contribution < 1.29 is 0 Å². The van der Waals surface area contributed by atoms with Crippen LogP contribution in [0, 0.1) is 0 Å². The Morgan fingerprint density at radius 1 is 1.18 bits per heavy atom. The maximum absolute atomic E-state index is 11.7. The van der Waals surface area contributed by atoms with Crippen molar-refractivity contribution in [1.29, 1.82) is 0 Å². The van der Waals surface area contributed by atoms with Gasteiger partial charge in [-0.25, -0.2) is 4.98 Å². The van der Waals surface area contributed by atoms with E-state index in [2.05, 4.69) is 46.8 Å². The molecule has 0 saturated heterocycles. The van der Waals surface area contributed by atoms with E-state index in [1.807, 2.05) is 0 Å². The van der Waals surface area contributed by atoms with Crippen LogP contribution in [0.3, 0.4) is 0 Å². The molecule has 3 aromatic rings. The van der Waals surface area contributed by atoms with Crippen LogP contribution in [-0.2, 0) is 19.9 Å². The number of aromatic nitrogens is 2. The van der Waals surface area contributed by atoms with Gasteiger partial charge in [-0.05, 0) is 35.4 Å². The number of hydrogen-bond donors (Lipinski definition) is 1. The highest BCUT2D eigenvalue weighted by atomic mass is 32.1. The summed E-state index contributed by atoms with van der Waals surface area (Å²) in [7, 11) is 1.62. The highest BCUT2D eigenvalue weighted by Gasteiger charge is 2.04. The molecule has 0 spiro atoms. The van der Waals surface area contributed by atoms with Gasteiger partial charge in [0.2, 0.25) is 5.95 Å². The summed E-state index contributed by atoms with van der Waals surface area (Å²) in [4.78, 5) is 17.2. The van der Waals surface area contributed by atoms with E-state index in [9.17, 15) is 4.79 Å². The minimum Gasteiger partial charge on any atom is -0.369 e. The lowest BCUT2D eigenvalue weighted by Gasteiger charge is -2.06. The fourth-order valence-electron chi connectivity index (χ4n) is 2.29. The Balaban J connectivity index is 1.70. The normalized spacial score (nSPS) is 10.8. The average molecular weight is 311 g/mol. The lowest BCUT2D eigenvalue weighted by Crippen LogP contribution is -2.21. The summed E-state index contributed by atoms with van der Waals surface area (Å²) in [5.74, 6) is 0.260. The molecule has 112 valence electrons. The zero-order chi connectivity index (χ0) is 15.5. The van der Waals surface area contributed by atoms with E-state index in [0.29, 0.717) is 6.42 Å². The summed E-state index contributed by atoms with van der Waals surface area (Å²) in [6.45, 7) is 0. The van der Waals surface area contributed by atoms with Crippen LogP contribution in [0.25, 0.3) is 10.4 Å². The number of hydrogen-bond acceptors (Lipinski definition) is 4. The molecule has 0 bridgehead atoms. The van der Waals surface area contributed by atoms with Gasteiger partial charge in [-0.3, -0.25) is 9.36 Å². The van der Waals surface area contributed by atoms with Crippen LogP contribution in [-0.4, -0.2) is 9.55 Å². The number of nitrogen functional groups attached to an aromatic ring is 1. The van der Waals surface area contributed by atoms with Crippen molar-refractivity contribution in [2.24, 2.45) is 7.05 Å². The second-order valence-corrected chi connectivity index (χ2v) is 6.12. The van der Waals surface area contributed by atoms with Gasteiger partial charge in [-0.1, -0.05) is 30.3 Å². The first kappa shape index (κ1) is 14.5. The zero-order valence-electron chi connectivity index (χ0n) is 12.3. The molecule has 0 amide bonds. The van der Waals surface area contributed by atoms with Crippen LogP contribution in [0.2, 0.25) is 0 Å². The van der Waals surface area contributed by atoms with Crippen LogP contribution in [0.5, 0.6) is 0 Å². The molecule has 3 rings (SSSR count). The topological polar surface area (TPSA) is 60.9 Å². The van der Waals surface area contributed by atoms with E-state index in [-0.39, 0.29) is 11.5 Å². The maximum Gasteiger partial charge on any atom is 0.254 e. The third-order valence-corrected chi connectivity index (χ3v) is 4.57. The number of thiophene rings is 1. The molecule has 2 N–H and O–H groups in total. The second-order valence-electron chi connectivity index (χ2n) is 5.18. The number of rotatable bonds is 4. The number of nitrogens with two attached hydrogens (primary N) is 1. The first-order valence-corrected chi connectivity index (χ1v) is 7.97. The Morgan fingerprint density at radius 2 is 1.95 bits per heavy atom. The first-order valence-electron chi connectivity index (χ1n) is 7.09. The highest BCUT2D eigenvalue weighted by Crippen LogP contribution is 2.24. The lowest BCUT2D eigenvalue weighted by molar-refractivity contribution is 0.806. The average Bonchev–Trinajstić information content (AvgIpc) is 3.05. The highest BCUT2D eigenvalue weighted by molar-refractivity contribution is 7.13. The maximum atomic E-state index is 11.7. The van der Waals surface area contributed by atoms with Crippen molar-refractivity contribution in [2.45, 2.75) is 12.8 Å². The third-order valence-electron chi connectivity index (χ3n) is 3.65. The predicted octanol–water partition coefficient (Wildman–Crippen LogP) is 2.88. The molecule has 0 saturated carbocycles. The molecule has 0 unspecified atom stereocenters. The molecule has 4 nitrogen and oxygen atoms in total. The molecule has 0 aliphatic heterocycles. The van der Waals surface area contributed by atoms with Crippen molar-refractivity contribution in [3.8, 4) is 10.4 Å². The van der Waals surface area contributed by atoms with Crippen LogP contribution >= 0.6 is 11.3 Å². The molecule has 2 aromatic heterocycles. The van der Waals surface area contributed by atoms with E-state index in [4.69, 9.17) is 5.73 Å². The molecule has 0 atom stereocenters. The van der Waals surface area contributed by atoms with Gasteiger partial charge >= 0.3 is 0 Å². The third kappa shape index (κ3) is 3.09. The molecular weight excluding hydrogens is 294 g/mol. The Kier molecular flexibility index (Phi) is 4.06. The van der Waals surface area contributed by atoms with E-state index in [1.165, 1.54) is 20.6 Å². The SMILES string of the molecule is Cn1c(N)nc(CCc2ccc(-c3cccs3)cc2)cc1=O. The molecule has 22 heavy (non-hydrogen) atoms. The van der Waals surface area contributed by atoms with Crippen molar-refractivity contribution in [3.05, 3.63) is 69.5 Å². The molecule has 0 aliphatic rings. The Hall–Kier alpha value is -2.40. The minimum absolute atomic E-state index is 0.115. The number of aryl methyl sites for hydroxylation is 2. The smallest absolute Gasteiger partial charge is 0.254 e. The quantitative estimate of drug-likeness (QED) is 0.806. The van der Waals surface area contributed by atoms with Gasteiger partial charge in [0.15, 0.2) is 0 Å². The molecule has 5 heteroatoms. The van der Waals surface area contributed by atoms with Crippen molar-refractivity contribution >= 4 is 17.3 Å². The Labute approximate surface area is 132 Å². The van der Waals surface area contributed by atoms with Gasteiger partial charge in [0.1, 0.15) is 0 Å². The van der Waals surface area contributed by atoms with Crippen molar-refractivity contribution in [1.82, 2.24) is 9.55 Å². The monoisotopic (exact) mass is 311 g/mol. The minimum atomic E-state index is -0.115. The summed E-state index contributed by atoms with van der Waals surface area (Å²) in [5, 5.41) is 2.08. The Morgan fingerprint density at radius 3 is 2.59 bits per heavy atom. The van der Waals surface area contributed by atoms with Crippen LogP contribution in [0.1, 0.15) is 11.3 Å². The van der Waals surface area contributed by atoms with Crippen LogP contribution in [0.4, 0.5) is 5.95 Å². The van der Waals surface area contributed by atoms with Crippen molar-refractivity contribution in [2.75, 3.05) is 5.73 Å². The van der Waals surface area contributed by atoms with Gasteiger partial charge in [-0.2, -0.15) is 0 Å². The van der Waals surface area contributed by atoms with E-state index in [0.717, 1.165) is 12.1 Å². The fourth-order valence-corrected chi connectivity index (χ4v) is 3.02. The van der Waals surface area contributed by atoms with Crippen molar-refractivity contribution in [3.63, 3.8) is 0 Å². The largest absolute Gasteiger partial charge is 0.369 e. The van der Waals surface area contributed by atoms with Crippen LogP contribution < -0.4 is 11.3 Å². The van der Waals surface area contributed by atoms with Gasteiger partial charge < -0.3 is 5.73 Å². The standard InChI is InChI=1S/C17H17N3OS/c1-20-16(21)11-14(19-17(20)18)9-6-12-4-7-13(8-5-12)15-3-2-10-22-15/h2-5,7-8,10-11H,6,9H2,1H3,(H2,18,19).